The van der Waals surface area contributed by atoms with E-state index in [0.29, 0.717) is 5.71 Å². The van der Waals surface area contributed by atoms with Crippen molar-refractivity contribution >= 4 is 17.4 Å². The van der Waals surface area contributed by atoms with Crippen molar-refractivity contribution in [2.45, 2.75) is 26.3 Å². The summed E-state index contributed by atoms with van der Waals surface area (Å²) in [5.41, 5.74) is 0.293. The molecule has 0 spiro atoms. The van der Waals surface area contributed by atoms with Gasteiger partial charge in [-0.15, -0.1) is 0 Å². The molecule has 0 fully saturated rings. The van der Waals surface area contributed by atoms with Gasteiger partial charge in [-0.3, -0.25) is 9.59 Å². The van der Waals surface area contributed by atoms with Gasteiger partial charge in [-0.05, 0) is 0 Å². The number of carbonyl (C=O) groups is 2. The van der Waals surface area contributed by atoms with E-state index in [1.165, 1.54) is 13.8 Å². The number of ketones is 1. The van der Waals surface area contributed by atoms with Crippen LogP contribution < -0.4 is 0 Å². The summed E-state index contributed by atoms with van der Waals surface area (Å²) >= 11 is 0. The fraction of sp³-hybridized carbons (Fsp3) is 0.500. The standard InChI is InChI=1S/C8H9N3O2/c1-5(12)8-3-7(4-9)11(10-8)6(2)13/h7H,3H2,1-2H3. The quantitative estimate of drug-likeness (QED) is 0.572. The average molecular weight is 179 g/mol. The highest BCUT2D eigenvalue weighted by molar-refractivity contribution is 6.39. The van der Waals surface area contributed by atoms with Gasteiger partial charge in [-0.1, -0.05) is 0 Å². The smallest absolute Gasteiger partial charge is 0.240 e. The Balaban J connectivity index is 2.89. The molecule has 1 rings (SSSR count). The average Bonchev–Trinajstić information content (AvgIpc) is 2.47. The molecule has 1 atom stereocenters. The molecule has 0 saturated carbocycles. The lowest BCUT2D eigenvalue weighted by atomic mass is 10.1. The highest BCUT2D eigenvalue weighted by atomic mass is 16.2. The molecular weight excluding hydrogens is 170 g/mol. The van der Waals surface area contributed by atoms with Gasteiger partial charge in [0, 0.05) is 20.3 Å². The molecule has 1 unspecified atom stereocenters. The van der Waals surface area contributed by atoms with Gasteiger partial charge in [0.15, 0.2) is 5.78 Å². The summed E-state index contributed by atoms with van der Waals surface area (Å²) in [7, 11) is 0. The molecule has 13 heavy (non-hydrogen) atoms. The molecule has 68 valence electrons. The topological polar surface area (TPSA) is 73.5 Å². The van der Waals surface area contributed by atoms with E-state index in [0.717, 1.165) is 5.01 Å². The number of carbonyl (C=O) groups excluding carboxylic acids is 2. The van der Waals surface area contributed by atoms with Gasteiger partial charge in [-0.2, -0.15) is 10.4 Å². The third kappa shape index (κ3) is 1.72. The number of amides is 1. The summed E-state index contributed by atoms with van der Waals surface area (Å²) in [6.07, 6.45) is 0.241. The second kappa shape index (κ2) is 3.35. The van der Waals surface area contributed by atoms with Gasteiger partial charge >= 0.3 is 0 Å². The van der Waals surface area contributed by atoms with E-state index >= 15 is 0 Å². The number of rotatable bonds is 1. The Morgan fingerprint density at radius 1 is 1.62 bits per heavy atom. The third-order valence-corrected chi connectivity index (χ3v) is 1.79. The largest absolute Gasteiger partial charge is 0.293 e. The van der Waals surface area contributed by atoms with Gasteiger partial charge in [0.25, 0.3) is 0 Å². The molecule has 0 aromatic heterocycles. The maximum absolute atomic E-state index is 10.9. The van der Waals surface area contributed by atoms with Gasteiger partial charge in [-0.25, -0.2) is 5.01 Å². The van der Waals surface area contributed by atoms with E-state index in [1.54, 1.807) is 0 Å². The third-order valence-electron chi connectivity index (χ3n) is 1.79. The molecule has 0 N–H and O–H groups in total. The second-order valence-electron chi connectivity index (χ2n) is 2.82. The molecular formula is C8H9N3O2. The van der Waals surface area contributed by atoms with Crippen molar-refractivity contribution in [3.05, 3.63) is 0 Å². The lowest BCUT2D eigenvalue weighted by Crippen LogP contribution is -2.29. The highest BCUT2D eigenvalue weighted by Gasteiger charge is 2.30. The summed E-state index contributed by atoms with van der Waals surface area (Å²) in [6, 6.07) is 1.30. The predicted octanol–water partition coefficient (Wildman–Crippen LogP) is 0.0758. The monoisotopic (exact) mass is 179 g/mol. The minimum atomic E-state index is -0.614. The zero-order valence-corrected chi connectivity index (χ0v) is 7.44. The predicted molar refractivity (Wildman–Crippen MR) is 44.7 cm³/mol. The Morgan fingerprint density at radius 2 is 2.23 bits per heavy atom. The Kier molecular flexibility index (Phi) is 2.42. The van der Waals surface area contributed by atoms with Gasteiger partial charge in [0.2, 0.25) is 5.91 Å². The van der Waals surface area contributed by atoms with Gasteiger partial charge in [0.1, 0.15) is 11.8 Å². The van der Waals surface area contributed by atoms with Crippen molar-refractivity contribution < 1.29 is 9.59 Å². The van der Waals surface area contributed by atoms with Crippen LogP contribution in [0, 0.1) is 11.3 Å². The number of hydrogen-bond acceptors (Lipinski definition) is 4. The minimum absolute atomic E-state index is 0.191. The number of nitriles is 1. The Morgan fingerprint density at radius 3 is 2.54 bits per heavy atom. The van der Waals surface area contributed by atoms with E-state index in [2.05, 4.69) is 5.10 Å². The summed E-state index contributed by atoms with van der Waals surface area (Å²) in [6.45, 7) is 2.69. The van der Waals surface area contributed by atoms with E-state index in [1.807, 2.05) is 6.07 Å². The zero-order valence-electron chi connectivity index (χ0n) is 7.44. The Labute approximate surface area is 75.6 Å². The van der Waals surface area contributed by atoms with Crippen LogP contribution in [0.2, 0.25) is 0 Å². The maximum atomic E-state index is 10.9. The SMILES string of the molecule is CC(=O)C1=NN(C(C)=O)C(C#N)C1. The van der Waals surface area contributed by atoms with Crippen molar-refractivity contribution in [1.82, 2.24) is 5.01 Å². The molecule has 5 heteroatoms. The Hall–Kier alpha value is -1.70. The van der Waals surface area contributed by atoms with Crippen LogP contribution in [0.25, 0.3) is 0 Å². The first-order valence-electron chi connectivity index (χ1n) is 3.84. The highest BCUT2D eigenvalue weighted by Crippen LogP contribution is 2.15. The molecule has 1 heterocycles. The van der Waals surface area contributed by atoms with Crippen molar-refractivity contribution in [3.63, 3.8) is 0 Å². The number of hydrogen-bond donors (Lipinski definition) is 0. The first-order chi connectivity index (χ1) is 6.06. The number of Topliss-reactive ketones (excluding diaryl/α,β-unsaturated/α-hetero) is 1. The van der Waals surface area contributed by atoms with Crippen LogP contribution in [0.1, 0.15) is 20.3 Å². The molecule has 0 aromatic carbocycles. The van der Waals surface area contributed by atoms with Crippen LogP contribution in [0.4, 0.5) is 0 Å². The van der Waals surface area contributed by atoms with Crippen molar-refractivity contribution in [3.8, 4) is 6.07 Å². The van der Waals surface area contributed by atoms with E-state index in [9.17, 15) is 9.59 Å². The van der Waals surface area contributed by atoms with Gasteiger partial charge in [0.05, 0.1) is 6.07 Å². The summed E-state index contributed by atoms with van der Waals surface area (Å²) in [4.78, 5) is 21.8. The summed E-state index contributed by atoms with van der Waals surface area (Å²) in [5.74, 6) is -0.508. The number of nitrogens with zero attached hydrogens (tertiary/aromatic N) is 3. The second-order valence-corrected chi connectivity index (χ2v) is 2.82. The van der Waals surface area contributed by atoms with Crippen LogP contribution in [0.3, 0.4) is 0 Å². The van der Waals surface area contributed by atoms with Gasteiger partial charge < -0.3 is 0 Å². The lowest BCUT2D eigenvalue weighted by Gasteiger charge is -2.11. The molecule has 5 nitrogen and oxygen atoms in total. The lowest BCUT2D eigenvalue weighted by molar-refractivity contribution is -0.129. The fourth-order valence-corrected chi connectivity index (χ4v) is 1.11. The van der Waals surface area contributed by atoms with Crippen LogP contribution >= 0.6 is 0 Å². The fourth-order valence-electron chi connectivity index (χ4n) is 1.11. The van der Waals surface area contributed by atoms with Crippen molar-refractivity contribution in [2.24, 2.45) is 5.10 Å². The minimum Gasteiger partial charge on any atom is -0.293 e. The van der Waals surface area contributed by atoms with Crippen LogP contribution in [-0.4, -0.2) is 28.5 Å². The molecule has 1 aliphatic heterocycles. The summed E-state index contributed by atoms with van der Waals surface area (Å²) in [5, 5.41) is 13.5. The number of hydrazone groups is 1. The molecule has 0 bridgehead atoms. The van der Waals surface area contributed by atoms with E-state index in [4.69, 9.17) is 5.26 Å². The normalized spacial score (nSPS) is 20.8. The molecule has 1 amide bonds. The maximum Gasteiger partial charge on any atom is 0.240 e. The van der Waals surface area contributed by atoms with Crippen molar-refractivity contribution in [2.75, 3.05) is 0 Å². The first-order valence-corrected chi connectivity index (χ1v) is 3.84. The molecule has 0 radical (unpaired) electrons. The molecule has 1 aliphatic rings. The summed E-state index contributed by atoms with van der Waals surface area (Å²) < 4.78 is 0. The Bertz CT molecular complexity index is 327. The molecule has 0 aromatic rings. The van der Waals surface area contributed by atoms with E-state index in [-0.39, 0.29) is 18.1 Å². The molecule has 0 aliphatic carbocycles. The molecule has 0 saturated heterocycles. The van der Waals surface area contributed by atoms with Crippen molar-refractivity contribution in [1.29, 1.82) is 5.26 Å². The van der Waals surface area contributed by atoms with Crippen LogP contribution in [0.5, 0.6) is 0 Å². The van der Waals surface area contributed by atoms with E-state index < -0.39 is 6.04 Å². The van der Waals surface area contributed by atoms with Crippen LogP contribution in [0.15, 0.2) is 5.10 Å². The van der Waals surface area contributed by atoms with Crippen LogP contribution in [-0.2, 0) is 9.59 Å². The zero-order chi connectivity index (χ0) is 10.0. The first kappa shape index (κ1) is 9.39.